The number of carbonyl (C=O) groups is 1. The first-order valence-corrected chi connectivity index (χ1v) is 4.78. The summed E-state index contributed by atoms with van der Waals surface area (Å²) < 4.78 is 0. The van der Waals surface area contributed by atoms with Gasteiger partial charge in [0.15, 0.2) is 0 Å². The number of carbonyl (C=O) groups excluding carboxylic acids is 1. The van der Waals surface area contributed by atoms with Crippen molar-refractivity contribution in [2.75, 3.05) is 18.4 Å². The summed E-state index contributed by atoms with van der Waals surface area (Å²) in [5.41, 5.74) is 13.3. The van der Waals surface area contributed by atoms with E-state index in [0.29, 0.717) is 30.0 Å². The largest absolute Gasteiger partial charge is 0.383 e. The number of aryl methyl sites for hydroxylation is 2. The summed E-state index contributed by atoms with van der Waals surface area (Å²) in [5, 5.41) is 3.06. The van der Waals surface area contributed by atoms with E-state index in [0.717, 1.165) is 5.69 Å². The molecule has 1 heterocycles. The molecule has 5 heteroatoms. The van der Waals surface area contributed by atoms with Crippen LogP contribution in [0.4, 0.5) is 5.69 Å². The van der Waals surface area contributed by atoms with Gasteiger partial charge in [-0.2, -0.15) is 0 Å². The van der Waals surface area contributed by atoms with Crippen molar-refractivity contribution in [3.63, 3.8) is 0 Å². The minimum Gasteiger partial charge on any atom is -0.383 e. The highest BCUT2D eigenvalue weighted by atomic mass is 16.1. The zero-order chi connectivity index (χ0) is 11.4. The summed E-state index contributed by atoms with van der Waals surface area (Å²) in [7, 11) is 0. The summed E-state index contributed by atoms with van der Waals surface area (Å²) in [6.45, 7) is 4.73. The Hall–Kier alpha value is -1.62. The predicted molar refractivity (Wildman–Crippen MR) is 59.8 cm³/mol. The Bertz CT molecular complexity index is 376. The minimum atomic E-state index is -0.473. The van der Waals surface area contributed by atoms with Gasteiger partial charge in [-0.3, -0.25) is 9.78 Å². The SMILES string of the molecule is Cc1cc(NCCN)c(C(N)=O)c(C)n1. The van der Waals surface area contributed by atoms with Gasteiger partial charge in [0.1, 0.15) is 0 Å². The molecule has 0 aliphatic carbocycles. The Morgan fingerprint density at radius 1 is 1.53 bits per heavy atom. The molecule has 5 nitrogen and oxygen atoms in total. The van der Waals surface area contributed by atoms with E-state index in [2.05, 4.69) is 10.3 Å². The molecule has 0 aliphatic rings. The average Bonchev–Trinajstić information content (AvgIpc) is 2.12. The number of nitrogens with one attached hydrogen (secondary N) is 1. The number of nitrogens with two attached hydrogens (primary N) is 2. The van der Waals surface area contributed by atoms with Crippen LogP contribution in [-0.2, 0) is 0 Å². The minimum absolute atomic E-state index is 0.439. The van der Waals surface area contributed by atoms with E-state index in [1.54, 1.807) is 13.0 Å². The number of nitrogens with zero attached hydrogens (tertiary/aromatic N) is 1. The molecule has 0 atom stereocenters. The molecule has 0 bridgehead atoms. The van der Waals surface area contributed by atoms with Gasteiger partial charge in [0.2, 0.25) is 0 Å². The Morgan fingerprint density at radius 2 is 2.20 bits per heavy atom. The first-order valence-electron chi connectivity index (χ1n) is 4.78. The zero-order valence-corrected chi connectivity index (χ0v) is 9.00. The maximum atomic E-state index is 11.2. The van der Waals surface area contributed by atoms with Crippen LogP contribution in [0.5, 0.6) is 0 Å². The molecular formula is C10H16N4O. The molecule has 0 fully saturated rings. The summed E-state index contributed by atoms with van der Waals surface area (Å²) in [5.74, 6) is -0.473. The van der Waals surface area contributed by atoms with Gasteiger partial charge in [0.25, 0.3) is 5.91 Å². The Labute approximate surface area is 88.9 Å². The van der Waals surface area contributed by atoms with E-state index in [4.69, 9.17) is 11.5 Å². The summed E-state index contributed by atoms with van der Waals surface area (Å²) in [4.78, 5) is 15.4. The van der Waals surface area contributed by atoms with Crippen molar-refractivity contribution in [2.24, 2.45) is 11.5 Å². The molecule has 5 N–H and O–H groups in total. The lowest BCUT2D eigenvalue weighted by Crippen LogP contribution is -2.20. The van der Waals surface area contributed by atoms with Gasteiger partial charge in [-0.25, -0.2) is 0 Å². The number of hydrogen-bond donors (Lipinski definition) is 3. The predicted octanol–water partition coefficient (Wildman–Crippen LogP) is 0.168. The van der Waals surface area contributed by atoms with Gasteiger partial charge in [0, 0.05) is 18.8 Å². The number of rotatable bonds is 4. The fraction of sp³-hybridized carbons (Fsp3) is 0.400. The second-order valence-corrected chi connectivity index (χ2v) is 3.35. The Morgan fingerprint density at radius 3 is 2.73 bits per heavy atom. The van der Waals surface area contributed by atoms with Gasteiger partial charge in [-0.15, -0.1) is 0 Å². The second kappa shape index (κ2) is 4.75. The fourth-order valence-corrected chi connectivity index (χ4v) is 1.49. The van der Waals surface area contributed by atoms with E-state index >= 15 is 0 Å². The molecule has 0 radical (unpaired) electrons. The highest BCUT2D eigenvalue weighted by Crippen LogP contribution is 2.18. The molecule has 82 valence electrons. The highest BCUT2D eigenvalue weighted by molar-refractivity contribution is 5.99. The maximum absolute atomic E-state index is 11.2. The third-order valence-electron chi connectivity index (χ3n) is 2.03. The number of pyridine rings is 1. The topological polar surface area (TPSA) is 94.0 Å². The number of primary amides is 1. The van der Waals surface area contributed by atoms with Crippen LogP contribution >= 0.6 is 0 Å². The van der Waals surface area contributed by atoms with Crippen LogP contribution in [0.2, 0.25) is 0 Å². The molecule has 0 unspecified atom stereocenters. The fourth-order valence-electron chi connectivity index (χ4n) is 1.49. The van der Waals surface area contributed by atoms with E-state index in [1.165, 1.54) is 0 Å². The van der Waals surface area contributed by atoms with Crippen LogP contribution in [0.25, 0.3) is 0 Å². The molecule has 1 aromatic rings. The van der Waals surface area contributed by atoms with Gasteiger partial charge < -0.3 is 16.8 Å². The van der Waals surface area contributed by atoms with Gasteiger partial charge in [-0.05, 0) is 19.9 Å². The van der Waals surface area contributed by atoms with Crippen LogP contribution in [0.15, 0.2) is 6.07 Å². The van der Waals surface area contributed by atoms with Gasteiger partial charge in [0.05, 0.1) is 16.9 Å². The molecule has 0 spiro atoms. The summed E-state index contributed by atoms with van der Waals surface area (Å²) >= 11 is 0. The average molecular weight is 208 g/mol. The third-order valence-corrected chi connectivity index (χ3v) is 2.03. The first-order chi connectivity index (χ1) is 7.06. The van der Waals surface area contributed by atoms with Crippen LogP contribution in [-0.4, -0.2) is 24.0 Å². The molecule has 1 aromatic heterocycles. The van der Waals surface area contributed by atoms with Crippen molar-refractivity contribution >= 4 is 11.6 Å². The molecule has 0 aromatic carbocycles. The van der Waals surface area contributed by atoms with E-state index in [1.807, 2.05) is 6.92 Å². The smallest absolute Gasteiger partial charge is 0.252 e. The Balaban J connectivity index is 3.14. The first kappa shape index (κ1) is 11.5. The number of hydrogen-bond acceptors (Lipinski definition) is 4. The third kappa shape index (κ3) is 2.66. The molecule has 1 rings (SSSR count). The van der Waals surface area contributed by atoms with E-state index in [9.17, 15) is 4.79 Å². The zero-order valence-electron chi connectivity index (χ0n) is 9.00. The van der Waals surface area contributed by atoms with Crippen molar-refractivity contribution in [3.8, 4) is 0 Å². The van der Waals surface area contributed by atoms with Crippen LogP contribution in [0.1, 0.15) is 21.7 Å². The lowest BCUT2D eigenvalue weighted by Gasteiger charge is -2.12. The molecule has 0 saturated carbocycles. The molecular weight excluding hydrogens is 192 g/mol. The van der Waals surface area contributed by atoms with E-state index in [-0.39, 0.29) is 0 Å². The number of amides is 1. The van der Waals surface area contributed by atoms with Crippen molar-refractivity contribution in [2.45, 2.75) is 13.8 Å². The van der Waals surface area contributed by atoms with Gasteiger partial charge >= 0.3 is 0 Å². The van der Waals surface area contributed by atoms with Crippen LogP contribution in [0.3, 0.4) is 0 Å². The van der Waals surface area contributed by atoms with Crippen molar-refractivity contribution in [1.29, 1.82) is 0 Å². The highest BCUT2D eigenvalue weighted by Gasteiger charge is 2.12. The lowest BCUT2D eigenvalue weighted by atomic mass is 10.1. The standard InChI is InChI=1S/C10H16N4O/c1-6-5-8(13-4-3-11)9(10(12)15)7(2)14-6/h5H,3-4,11H2,1-2H3,(H2,12,15)(H,13,14). The van der Waals surface area contributed by atoms with Gasteiger partial charge in [-0.1, -0.05) is 0 Å². The van der Waals surface area contributed by atoms with Crippen molar-refractivity contribution in [1.82, 2.24) is 4.98 Å². The van der Waals surface area contributed by atoms with Crippen LogP contribution < -0.4 is 16.8 Å². The summed E-state index contributed by atoms with van der Waals surface area (Å²) in [6, 6.07) is 1.79. The number of anilines is 1. The molecule has 15 heavy (non-hydrogen) atoms. The summed E-state index contributed by atoms with van der Waals surface area (Å²) in [6.07, 6.45) is 0. The lowest BCUT2D eigenvalue weighted by molar-refractivity contribution is 0.1000. The van der Waals surface area contributed by atoms with Crippen molar-refractivity contribution in [3.05, 3.63) is 23.0 Å². The monoisotopic (exact) mass is 208 g/mol. The molecule has 0 aliphatic heterocycles. The molecule has 0 saturated heterocycles. The van der Waals surface area contributed by atoms with Crippen molar-refractivity contribution < 1.29 is 4.79 Å². The molecule has 1 amide bonds. The second-order valence-electron chi connectivity index (χ2n) is 3.35. The maximum Gasteiger partial charge on any atom is 0.252 e. The quantitative estimate of drug-likeness (QED) is 0.657. The van der Waals surface area contributed by atoms with Crippen LogP contribution in [0, 0.1) is 13.8 Å². The number of aromatic nitrogens is 1. The van der Waals surface area contributed by atoms with E-state index < -0.39 is 5.91 Å². The normalized spacial score (nSPS) is 10.1. The Kier molecular flexibility index (Phi) is 3.62.